The van der Waals surface area contributed by atoms with Crippen molar-refractivity contribution in [1.82, 2.24) is 9.55 Å². The summed E-state index contributed by atoms with van der Waals surface area (Å²) in [7, 11) is 0. The maximum absolute atomic E-state index is 11.8. The van der Waals surface area contributed by atoms with Crippen molar-refractivity contribution in [3.8, 4) is 0 Å². The van der Waals surface area contributed by atoms with Crippen LogP contribution in [0.4, 0.5) is 5.82 Å². The second kappa shape index (κ2) is 5.34. The topological polar surface area (TPSA) is 84.0 Å². The molecule has 1 amide bonds. The van der Waals surface area contributed by atoms with E-state index in [1.165, 1.54) is 6.07 Å². The van der Waals surface area contributed by atoms with Gasteiger partial charge < -0.3 is 5.32 Å². The number of amides is 1. The molecule has 0 aliphatic heterocycles. The molecule has 1 heterocycles. The van der Waals surface area contributed by atoms with Crippen molar-refractivity contribution in [2.24, 2.45) is 0 Å². The third-order valence-electron chi connectivity index (χ3n) is 2.62. The van der Waals surface area contributed by atoms with Gasteiger partial charge >= 0.3 is 5.69 Å². The highest BCUT2D eigenvalue weighted by molar-refractivity contribution is 6.03. The van der Waals surface area contributed by atoms with Gasteiger partial charge in [0.1, 0.15) is 5.82 Å². The second-order valence-corrected chi connectivity index (χ2v) is 3.89. The molecule has 0 atom stereocenters. The number of H-pyrrole nitrogens is 1. The van der Waals surface area contributed by atoms with Crippen LogP contribution in [0.5, 0.6) is 0 Å². The fraction of sp³-hybridized carbons (Fsp3) is 0.154. The number of nitrogens with one attached hydrogen (secondary N) is 2. The van der Waals surface area contributed by atoms with E-state index in [1.54, 1.807) is 37.3 Å². The molecule has 2 rings (SSSR count). The van der Waals surface area contributed by atoms with Crippen LogP contribution in [0, 0.1) is 0 Å². The van der Waals surface area contributed by atoms with Crippen molar-refractivity contribution in [3.05, 3.63) is 62.8 Å². The Labute approximate surface area is 108 Å². The molecule has 0 radical (unpaired) electrons. The van der Waals surface area contributed by atoms with E-state index in [1.807, 2.05) is 0 Å². The van der Waals surface area contributed by atoms with Crippen LogP contribution in [0.3, 0.4) is 0 Å². The lowest BCUT2D eigenvalue weighted by Gasteiger charge is -2.06. The van der Waals surface area contributed by atoms with Gasteiger partial charge in [0.2, 0.25) is 0 Å². The van der Waals surface area contributed by atoms with E-state index in [-0.39, 0.29) is 18.3 Å². The summed E-state index contributed by atoms with van der Waals surface area (Å²) in [4.78, 5) is 37.5. The van der Waals surface area contributed by atoms with Crippen molar-refractivity contribution < 1.29 is 4.79 Å². The first kappa shape index (κ1) is 12.8. The SMILES string of the molecule is CCn1c(=O)cc(NC(=O)c2ccccc2)[nH]c1=O. The van der Waals surface area contributed by atoms with Crippen LogP contribution in [0.15, 0.2) is 46.0 Å². The maximum Gasteiger partial charge on any atom is 0.329 e. The molecule has 0 bridgehead atoms. The van der Waals surface area contributed by atoms with Crippen LogP contribution in [0.2, 0.25) is 0 Å². The average molecular weight is 259 g/mol. The molecule has 2 aromatic rings. The average Bonchev–Trinajstić information content (AvgIpc) is 2.39. The minimum Gasteiger partial charge on any atom is -0.308 e. The first-order chi connectivity index (χ1) is 9.11. The van der Waals surface area contributed by atoms with Gasteiger partial charge in [-0.25, -0.2) is 4.79 Å². The molecule has 0 saturated heterocycles. The number of hydrogen-bond acceptors (Lipinski definition) is 3. The van der Waals surface area contributed by atoms with Gasteiger partial charge in [0.15, 0.2) is 0 Å². The summed E-state index contributed by atoms with van der Waals surface area (Å²) in [6.07, 6.45) is 0. The molecule has 1 aromatic heterocycles. The lowest BCUT2D eigenvalue weighted by Crippen LogP contribution is -2.35. The van der Waals surface area contributed by atoms with E-state index >= 15 is 0 Å². The summed E-state index contributed by atoms with van der Waals surface area (Å²) >= 11 is 0. The summed E-state index contributed by atoms with van der Waals surface area (Å²) in [5, 5.41) is 2.48. The molecular formula is C13H13N3O3. The summed E-state index contributed by atoms with van der Waals surface area (Å²) < 4.78 is 1.04. The van der Waals surface area contributed by atoms with Gasteiger partial charge in [0.25, 0.3) is 11.5 Å². The molecule has 0 saturated carbocycles. The van der Waals surface area contributed by atoms with Crippen LogP contribution in [-0.2, 0) is 6.54 Å². The largest absolute Gasteiger partial charge is 0.329 e. The Balaban J connectivity index is 2.28. The summed E-state index contributed by atoms with van der Waals surface area (Å²) in [5.74, 6) is -0.293. The zero-order valence-electron chi connectivity index (χ0n) is 10.3. The number of hydrogen-bond donors (Lipinski definition) is 2. The first-order valence-corrected chi connectivity index (χ1v) is 5.82. The number of rotatable bonds is 3. The van der Waals surface area contributed by atoms with E-state index in [4.69, 9.17) is 0 Å². The molecule has 0 unspecified atom stereocenters. The lowest BCUT2D eigenvalue weighted by atomic mass is 10.2. The van der Waals surface area contributed by atoms with Crippen LogP contribution < -0.4 is 16.6 Å². The molecular weight excluding hydrogens is 246 g/mol. The Hall–Kier alpha value is -2.63. The normalized spacial score (nSPS) is 10.2. The Kier molecular flexibility index (Phi) is 3.61. The van der Waals surface area contributed by atoms with Gasteiger partial charge in [-0.15, -0.1) is 0 Å². The quantitative estimate of drug-likeness (QED) is 0.855. The minimum atomic E-state index is -0.543. The number of aromatic amines is 1. The molecule has 98 valence electrons. The van der Waals surface area contributed by atoms with E-state index in [2.05, 4.69) is 10.3 Å². The molecule has 0 aliphatic rings. The van der Waals surface area contributed by atoms with Crippen molar-refractivity contribution in [2.75, 3.05) is 5.32 Å². The predicted molar refractivity (Wildman–Crippen MR) is 71.4 cm³/mol. The fourth-order valence-corrected chi connectivity index (χ4v) is 1.67. The molecule has 19 heavy (non-hydrogen) atoms. The molecule has 6 nitrogen and oxygen atoms in total. The summed E-state index contributed by atoms with van der Waals surface area (Å²) in [6, 6.07) is 9.72. The highest BCUT2D eigenvalue weighted by atomic mass is 16.2. The van der Waals surface area contributed by atoms with Crippen molar-refractivity contribution in [2.45, 2.75) is 13.5 Å². The Bertz CT molecular complexity index is 670. The van der Waals surface area contributed by atoms with E-state index in [0.717, 1.165) is 4.57 Å². The first-order valence-electron chi connectivity index (χ1n) is 5.82. The number of nitrogens with zero attached hydrogens (tertiary/aromatic N) is 1. The number of carbonyl (C=O) groups is 1. The second-order valence-electron chi connectivity index (χ2n) is 3.89. The number of carbonyl (C=O) groups excluding carboxylic acids is 1. The molecule has 6 heteroatoms. The van der Waals surface area contributed by atoms with Gasteiger partial charge in [-0.3, -0.25) is 19.1 Å². The Morgan fingerprint density at radius 1 is 1.26 bits per heavy atom. The Morgan fingerprint density at radius 3 is 2.53 bits per heavy atom. The molecule has 2 N–H and O–H groups in total. The molecule has 0 fully saturated rings. The van der Waals surface area contributed by atoms with Gasteiger partial charge in [-0.2, -0.15) is 0 Å². The predicted octanol–water partition coefficient (Wildman–Crippen LogP) is 0.809. The third kappa shape index (κ3) is 2.79. The lowest BCUT2D eigenvalue weighted by molar-refractivity contribution is 0.102. The molecule has 1 aromatic carbocycles. The molecule has 0 aliphatic carbocycles. The van der Waals surface area contributed by atoms with Gasteiger partial charge in [0.05, 0.1) is 0 Å². The number of anilines is 1. The van der Waals surface area contributed by atoms with Crippen LogP contribution in [0.25, 0.3) is 0 Å². The monoisotopic (exact) mass is 259 g/mol. The third-order valence-corrected chi connectivity index (χ3v) is 2.62. The maximum atomic E-state index is 11.8. The smallest absolute Gasteiger partial charge is 0.308 e. The number of benzene rings is 1. The minimum absolute atomic E-state index is 0.0913. The zero-order chi connectivity index (χ0) is 13.8. The van der Waals surface area contributed by atoms with Gasteiger partial charge in [-0.05, 0) is 19.1 Å². The highest BCUT2D eigenvalue weighted by Crippen LogP contribution is 2.02. The Morgan fingerprint density at radius 2 is 1.95 bits per heavy atom. The summed E-state index contributed by atoms with van der Waals surface area (Å²) in [5.41, 5.74) is -0.545. The van der Waals surface area contributed by atoms with E-state index in [0.29, 0.717) is 5.56 Å². The van der Waals surface area contributed by atoms with E-state index < -0.39 is 11.2 Å². The van der Waals surface area contributed by atoms with Crippen LogP contribution >= 0.6 is 0 Å². The van der Waals surface area contributed by atoms with Crippen molar-refractivity contribution >= 4 is 11.7 Å². The van der Waals surface area contributed by atoms with Gasteiger partial charge in [0, 0.05) is 18.2 Å². The van der Waals surface area contributed by atoms with Crippen molar-refractivity contribution in [3.63, 3.8) is 0 Å². The highest BCUT2D eigenvalue weighted by Gasteiger charge is 2.08. The summed E-state index contributed by atoms with van der Waals surface area (Å²) in [6.45, 7) is 1.97. The van der Waals surface area contributed by atoms with Crippen molar-refractivity contribution in [1.29, 1.82) is 0 Å². The molecule has 0 spiro atoms. The van der Waals surface area contributed by atoms with E-state index in [9.17, 15) is 14.4 Å². The zero-order valence-corrected chi connectivity index (χ0v) is 10.3. The number of aromatic nitrogens is 2. The van der Waals surface area contributed by atoms with Crippen LogP contribution in [-0.4, -0.2) is 15.5 Å². The van der Waals surface area contributed by atoms with Gasteiger partial charge in [-0.1, -0.05) is 18.2 Å². The standard InChI is InChI=1S/C13H13N3O3/c1-2-16-11(17)8-10(15-13(16)19)14-12(18)9-6-4-3-5-7-9/h3-8H,2H2,1H3,(H,14,18)(H,15,19). The fourth-order valence-electron chi connectivity index (χ4n) is 1.67. The van der Waals surface area contributed by atoms with Crippen LogP contribution in [0.1, 0.15) is 17.3 Å².